The highest BCUT2D eigenvalue weighted by Gasteiger charge is 2.16. The van der Waals surface area contributed by atoms with Gasteiger partial charge in [0, 0.05) is 30.0 Å². The lowest BCUT2D eigenvalue weighted by Gasteiger charge is -2.21. The van der Waals surface area contributed by atoms with Gasteiger partial charge in [-0.3, -0.25) is 0 Å². The van der Waals surface area contributed by atoms with Crippen LogP contribution in [0.5, 0.6) is 0 Å². The van der Waals surface area contributed by atoms with Crippen LogP contribution in [-0.2, 0) is 6.54 Å². The Morgan fingerprint density at radius 2 is 1.79 bits per heavy atom. The summed E-state index contributed by atoms with van der Waals surface area (Å²) in [7, 11) is 0. The van der Waals surface area contributed by atoms with Crippen LogP contribution in [0.2, 0.25) is 0 Å². The molecule has 1 aliphatic heterocycles. The van der Waals surface area contributed by atoms with Crippen LogP contribution in [0.4, 0.5) is 5.82 Å². The molecule has 4 heteroatoms. The first kappa shape index (κ1) is 14.7. The zero-order valence-electron chi connectivity index (χ0n) is 14.0. The van der Waals surface area contributed by atoms with E-state index in [4.69, 9.17) is 4.98 Å². The highest BCUT2D eigenvalue weighted by Crippen LogP contribution is 2.23. The number of nitrogens with zero attached hydrogens (tertiary/aromatic N) is 4. The van der Waals surface area contributed by atoms with Crippen molar-refractivity contribution >= 4 is 16.9 Å². The predicted molar refractivity (Wildman–Crippen MR) is 97.5 cm³/mol. The maximum absolute atomic E-state index is 4.76. The van der Waals surface area contributed by atoms with Gasteiger partial charge in [-0.1, -0.05) is 30.3 Å². The molecule has 0 N–H and O–H groups in total. The molecule has 4 nitrogen and oxygen atoms in total. The molecular formula is C20H20N4. The van der Waals surface area contributed by atoms with Crippen molar-refractivity contribution < 1.29 is 0 Å². The average Bonchev–Trinajstić information content (AvgIpc) is 3.03. The quantitative estimate of drug-likeness (QED) is 0.731. The number of benzene rings is 1. The van der Waals surface area contributed by atoms with Crippen molar-refractivity contribution in [2.45, 2.75) is 20.4 Å². The highest BCUT2D eigenvalue weighted by atomic mass is 15.4. The molecule has 2 aromatic heterocycles. The summed E-state index contributed by atoms with van der Waals surface area (Å²) in [6.45, 7) is 5.82. The summed E-state index contributed by atoms with van der Waals surface area (Å²) < 4.78 is 0. The molecule has 24 heavy (non-hydrogen) atoms. The molecule has 0 atom stereocenters. The molecule has 1 aliphatic rings. The average molecular weight is 316 g/mol. The van der Waals surface area contributed by atoms with Gasteiger partial charge in [0.1, 0.15) is 5.82 Å². The van der Waals surface area contributed by atoms with Crippen molar-refractivity contribution in [1.29, 1.82) is 0 Å². The largest absolute Gasteiger partial charge is 0.354 e. The lowest BCUT2D eigenvalue weighted by atomic mass is 10.1. The predicted octanol–water partition coefficient (Wildman–Crippen LogP) is 4.00. The van der Waals surface area contributed by atoms with Crippen LogP contribution >= 0.6 is 0 Å². The number of hydrogen-bond acceptors (Lipinski definition) is 4. The molecule has 0 saturated heterocycles. The van der Waals surface area contributed by atoms with Crippen LogP contribution in [0.1, 0.15) is 16.8 Å². The number of pyridine rings is 2. The Labute approximate surface area is 142 Å². The second kappa shape index (κ2) is 5.96. The Hall–Kier alpha value is -2.88. The Morgan fingerprint density at radius 1 is 0.958 bits per heavy atom. The molecule has 0 saturated carbocycles. The smallest absolute Gasteiger partial charge is 0.162 e. The summed E-state index contributed by atoms with van der Waals surface area (Å²) in [6.07, 6.45) is 4.20. The molecule has 0 fully saturated rings. The first-order valence-corrected chi connectivity index (χ1v) is 8.17. The molecule has 3 heterocycles. The fourth-order valence-corrected chi connectivity index (χ4v) is 3.12. The van der Waals surface area contributed by atoms with Crippen LogP contribution in [0.15, 0.2) is 60.9 Å². The van der Waals surface area contributed by atoms with Gasteiger partial charge >= 0.3 is 0 Å². The third-order valence-electron chi connectivity index (χ3n) is 4.31. The van der Waals surface area contributed by atoms with E-state index in [-0.39, 0.29) is 0 Å². The van der Waals surface area contributed by atoms with E-state index in [1.807, 2.05) is 13.0 Å². The van der Waals surface area contributed by atoms with E-state index in [0.29, 0.717) is 0 Å². The first-order valence-electron chi connectivity index (χ1n) is 8.17. The van der Waals surface area contributed by atoms with Crippen LogP contribution < -0.4 is 4.90 Å². The summed E-state index contributed by atoms with van der Waals surface area (Å²) in [5, 5.41) is 1.12. The number of fused-ring (bicyclic) bond motifs is 1. The molecule has 120 valence electrons. The molecule has 3 aromatic rings. The Bertz CT molecular complexity index is 902. The summed E-state index contributed by atoms with van der Waals surface area (Å²) >= 11 is 0. The van der Waals surface area contributed by atoms with Gasteiger partial charge in [-0.25, -0.2) is 9.97 Å². The SMILES string of the molecule is Cc1cc(C)c2ccc(N3C=CN(Cc4ccccc4)C3)nc2n1. The van der Waals surface area contributed by atoms with Crippen molar-refractivity contribution in [3.63, 3.8) is 0 Å². The minimum absolute atomic E-state index is 0.804. The minimum Gasteiger partial charge on any atom is -0.354 e. The van der Waals surface area contributed by atoms with Crippen LogP contribution in [-0.4, -0.2) is 21.5 Å². The standard InChI is InChI=1S/C20H20N4/c1-15-12-16(2)21-20-18(15)8-9-19(22-20)24-11-10-23(14-24)13-17-6-4-3-5-7-17/h3-12H,13-14H2,1-2H3. The lowest BCUT2D eigenvalue weighted by Crippen LogP contribution is -2.25. The zero-order valence-corrected chi connectivity index (χ0v) is 14.0. The van der Waals surface area contributed by atoms with E-state index in [9.17, 15) is 0 Å². The number of aryl methyl sites for hydroxylation is 2. The van der Waals surface area contributed by atoms with Gasteiger partial charge < -0.3 is 9.80 Å². The third-order valence-corrected chi connectivity index (χ3v) is 4.31. The molecule has 0 aliphatic carbocycles. The first-order chi connectivity index (χ1) is 11.7. The van der Waals surface area contributed by atoms with Crippen LogP contribution in [0, 0.1) is 13.8 Å². The number of anilines is 1. The summed E-state index contributed by atoms with van der Waals surface area (Å²) in [5.41, 5.74) is 4.36. The second-order valence-corrected chi connectivity index (χ2v) is 6.26. The van der Waals surface area contributed by atoms with E-state index in [2.05, 4.69) is 76.6 Å². The number of rotatable bonds is 3. The van der Waals surface area contributed by atoms with Gasteiger partial charge in [0.05, 0.1) is 6.67 Å². The van der Waals surface area contributed by atoms with Gasteiger partial charge in [-0.15, -0.1) is 0 Å². The van der Waals surface area contributed by atoms with Crippen LogP contribution in [0.25, 0.3) is 11.0 Å². The number of aromatic nitrogens is 2. The van der Waals surface area contributed by atoms with E-state index in [1.54, 1.807) is 0 Å². The van der Waals surface area contributed by atoms with Crippen molar-refractivity contribution in [2.75, 3.05) is 11.6 Å². The molecule has 0 spiro atoms. The van der Waals surface area contributed by atoms with Gasteiger partial charge in [0.25, 0.3) is 0 Å². The highest BCUT2D eigenvalue weighted by molar-refractivity contribution is 5.80. The number of hydrogen-bond donors (Lipinski definition) is 0. The molecular weight excluding hydrogens is 296 g/mol. The Kier molecular flexibility index (Phi) is 3.65. The van der Waals surface area contributed by atoms with Gasteiger partial charge in [0.15, 0.2) is 5.65 Å². The second-order valence-electron chi connectivity index (χ2n) is 6.26. The van der Waals surface area contributed by atoms with E-state index >= 15 is 0 Å². The molecule has 0 amide bonds. The molecule has 0 bridgehead atoms. The zero-order chi connectivity index (χ0) is 16.5. The molecule has 4 rings (SSSR count). The minimum atomic E-state index is 0.804. The van der Waals surface area contributed by atoms with Gasteiger partial charge in [-0.2, -0.15) is 0 Å². The lowest BCUT2D eigenvalue weighted by molar-refractivity contribution is 0.399. The Morgan fingerprint density at radius 3 is 2.62 bits per heavy atom. The van der Waals surface area contributed by atoms with E-state index < -0.39 is 0 Å². The van der Waals surface area contributed by atoms with Crippen molar-refractivity contribution in [1.82, 2.24) is 14.9 Å². The molecule has 0 radical (unpaired) electrons. The van der Waals surface area contributed by atoms with E-state index in [0.717, 1.165) is 35.8 Å². The summed E-state index contributed by atoms with van der Waals surface area (Å²) in [6, 6.07) is 16.8. The van der Waals surface area contributed by atoms with Crippen molar-refractivity contribution in [3.05, 3.63) is 77.8 Å². The Balaban J connectivity index is 1.55. The van der Waals surface area contributed by atoms with Crippen LogP contribution in [0.3, 0.4) is 0 Å². The topological polar surface area (TPSA) is 32.3 Å². The molecule has 0 unspecified atom stereocenters. The van der Waals surface area contributed by atoms with Gasteiger partial charge in [0.2, 0.25) is 0 Å². The van der Waals surface area contributed by atoms with Crippen molar-refractivity contribution in [3.8, 4) is 0 Å². The fraction of sp³-hybridized carbons (Fsp3) is 0.200. The van der Waals surface area contributed by atoms with Crippen molar-refractivity contribution in [2.24, 2.45) is 0 Å². The summed E-state index contributed by atoms with van der Waals surface area (Å²) in [4.78, 5) is 13.8. The van der Waals surface area contributed by atoms with E-state index in [1.165, 1.54) is 11.1 Å². The molecule has 1 aromatic carbocycles. The summed E-state index contributed by atoms with van der Waals surface area (Å²) in [5.74, 6) is 0.937. The normalized spacial score (nSPS) is 13.9. The maximum atomic E-state index is 4.76. The maximum Gasteiger partial charge on any atom is 0.162 e. The fourth-order valence-electron chi connectivity index (χ4n) is 3.12. The van der Waals surface area contributed by atoms with Gasteiger partial charge in [-0.05, 0) is 43.2 Å². The monoisotopic (exact) mass is 316 g/mol. The third kappa shape index (κ3) is 2.83.